The third-order valence-electron chi connectivity index (χ3n) is 11.0. The zero-order valence-electron chi connectivity index (χ0n) is 30.0. The normalized spacial score (nSPS) is 33.4. The molecule has 1 amide bonds. The van der Waals surface area contributed by atoms with Crippen LogP contribution in [0.25, 0.3) is 0 Å². The Labute approximate surface area is 292 Å². The van der Waals surface area contributed by atoms with Crippen LogP contribution in [0.15, 0.2) is 53.1 Å². The van der Waals surface area contributed by atoms with Crippen LogP contribution in [0.3, 0.4) is 0 Å². The Hall–Kier alpha value is -3.17. The fraction of sp³-hybridized carbons (Fsp3) is 0.649. The Kier molecular flexibility index (Phi) is 11.7. The molecule has 0 bridgehead atoms. The second kappa shape index (κ2) is 14.8. The third kappa shape index (κ3) is 7.27. The highest BCUT2D eigenvalue weighted by molar-refractivity contribution is 5.89. The lowest BCUT2D eigenvalue weighted by Gasteiger charge is -2.62. The summed E-state index contributed by atoms with van der Waals surface area (Å²) in [4.78, 5) is 39.3. The van der Waals surface area contributed by atoms with Gasteiger partial charge in [0.25, 0.3) is 0 Å². The number of fused-ring (bicyclic) bond motifs is 1. The Bertz CT molecular complexity index is 1490. The van der Waals surface area contributed by atoms with Crippen molar-refractivity contribution in [3.05, 3.63) is 58.7 Å². The molecule has 278 valence electrons. The summed E-state index contributed by atoms with van der Waals surface area (Å²) < 4.78 is 17.7. The van der Waals surface area contributed by atoms with Gasteiger partial charge in [0.1, 0.15) is 29.5 Å². The van der Waals surface area contributed by atoms with Gasteiger partial charge in [-0.1, -0.05) is 50.6 Å². The highest BCUT2D eigenvalue weighted by Crippen LogP contribution is 2.57. The number of amides is 1. The second-order valence-electron chi connectivity index (χ2n) is 15.0. The fourth-order valence-electron chi connectivity index (χ4n) is 8.05. The first-order valence-corrected chi connectivity index (χ1v) is 17.1. The van der Waals surface area contributed by atoms with Gasteiger partial charge < -0.3 is 50.2 Å². The van der Waals surface area contributed by atoms with Gasteiger partial charge in [-0.3, -0.25) is 4.79 Å². The number of ether oxygens (including phenoxy) is 3. The lowest BCUT2D eigenvalue weighted by molar-refractivity contribution is -0.329. The maximum Gasteiger partial charge on any atom is 0.338 e. The molecule has 1 saturated heterocycles. The minimum absolute atomic E-state index is 0.0921. The number of carbonyl (C=O) groups is 3. The molecule has 1 aromatic rings. The van der Waals surface area contributed by atoms with Gasteiger partial charge in [0.2, 0.25) is 5.91 Å². The molecule has 4 rings (SSSR count). The minimum Gasteiger partial charge on any atom is -0.456 e. The molecule has 13 nitrogen and oxygen atoms in total. The van der Waals surface area contributed by atoms with Crippen LogP contribution < -0.4 is 5.32 Å². The maximum atomic E-state index is 13.8. The van der Waals surface area contributed by atoms with Crippen molar-refractivity contribution in [2.45, 2.75) is 128 Å². The highest BCUT2D eigenvalue weighted by Gasteiger charge is 2.69. The van der Waals surface area contributed by atoms with Crippen molar-refractivity contribution in [2.24, 2.45) is 17.3 Å². The van der Waals surface area contributed by atoms with Crippen LogP contribution in [0.5, 0.6) is 0 Å². The molecule has 0 radical (unpaired) electrons. The van der Waals surface area contributed by atoms with E-state index in [9.17, 15) is 45.0 Å². The predicted molar refractivity (Wildman–Crippen MR) is 180 cm³/mol. The number of carbonyl (C=O) groups excluding carboxylic acids is 3. The van der Waals surface area contributed by atoms with Gasteiger partial charge in [-0.25, -0.2) is 9.59 Å². The van der Waals surface area contributed by atoms with Crippen LogP contribution in [-0.2, 0) is 23.8 Å². The van der Waals surface area contributed by atoms with Crippen molar-refractivity contribution >= 4 is 17.8 Å². The molecular weight excluding hydrogens is 650 g/mol. The van der Waals surface area contributed by atoms with E-state index in [2.05, 4.69) is 5.32 Å². The third-order valence-corrected chi connectivity index (χ3v) is 11.0. The van der Waals surface area contributed by atoms with Gasteiger partial charge in [-0.05, 0) is 56.9 Å². The van der Waals surface area contributed by atoms with Gasteiger partial charge in [0.05, 0.1) is 36.5 Å². The van der Waals surface area contributed by atoms with E-state index in [4.69, 9.17) is 14.2 Å². The zero-order valence-corrected chi connectivity index (χ0v) is 30.0. The van der Waals surface area contributed by atoms with Crippen molar-refractivity contribution in [3.63, 3.8) is 0 Å². The van der Waals surface area contributed by atoms with Crippen molar-refractivity contribution in [1.82, 2.24) is 5.32 Å². The summed E-state index contributed by atoms with van der Waals surface area (Å²) in [5.41, 5.74) is -4.20. The molecule has 0 spiro atoms. The summed E-state index contributed by atoms with van der Waals surface area (Å²) in [5, 5.41) is 72.1. The molecular formula is C37H53NO12. The second-order valence-corrected chi connectivity index (χ2v) is 15.0. The summed E-state index contributed by atoms with van der Waals surface area (Å²) in [6.45, 7) is 12.3. The largest absolute Gasteiger partial charge is 0.456 e. The average Bonchev–Trinajstić information content (AvgIpc) is 3.03. The number of esters is 2. The number of hydrogen-bond donors (Lipinski definition) is 7. The Morgan fingerprint density at radius 3 is 2.20 bits per heavy atom. The monoisotopic (exact) mass is 703 g/mol. The average molecular weight is 704 g/mol. The molecule has 0 aromatic heterocycles. The summed E-state index contributed by atoms with van der Waals surface area (Å²) >= 11 is 0. The van der Waals surface area contributed by atoms with Crippen LogP contribution in [0.4, 0.5) is 0 Å². The summed E-state index contributed by atoms with van der Waals surface area (Å²) in [5.74, 6) is -4.34. The number of rotatable bonds is 11. The van der Waals surface area contributed by atoms with Gasteiger partial charge in [0.15, 0.2) is 6.10 Å². The number of hydrogen-bond acceptors (Lipinski definition) is 12. The molecule has 2 fully saturated rings. The van der Waals surface area contributed by atoms with Crippen molar-refractivity contribution in [1.29, 1.82) is 0 Å². The first kappa shape index (κ1) is 39.6. The Balaban J connectivity index is 1.88. The molecule has 1 aromatic carbocycles. The lowest BCUT2D eigenvalue weighted by Crippen LogP contribution is -2.75. The van der Waals surface area contributed by atoms with Crippen LogP contribution in [-0.4, -0.2) is 115 Å². The van der Waals surface area contributed by atoms with E-state index in [1.54, 1.807) is 59.7 Å². The van der Waals surface area contributed by atoms with Gasteiger partial charge >= 0.3 is 11.9 Å². The van der Waals surface area contributed by atoms with Crippen LogP contribution >= 0.6 is 0 Å². The first-order valence-electron chi connectivity index (χ1n) is 17.1. The molecule has 1 heterocycles. The van der Waals surface area contributed by atoms with Gasteiger partial charge in [0, 0.05) is 31.1 Å². The lowest BCUT2D eigenvalue weighted by atomic mass is 9.52. The van der Waals surface area contributed by atoms with Crippen LogP contribution in [0.2, 0.25) is 0 Å². The van der Waals surface area contributed by atoms with Gasteiger partial charge in [-0.15, -0.1) is 0 Å². The van der Waals surface area contributed by atoms with Crippen molar-refractivity contribution in [3.8, 4) is 0 Å². The smallest absolute Gasteiger partial charge is 0.338 e. The Morgan fingerprint density at radius 2 is 1.68 bits per heavy atom. The van der Waals surface area contributed by atoms with E-state index in [1.807, 2.05) is 0 Å². The number of benzene rings is 1. The molecule has 7 N–H and O–H groups in total. The molecule has 50 heavy (non-hydrogen) atoms. The topological polar surface area (TPSA) is 212 Å². The summed E-state index contributed by atoms with van der Waals surface area (Å²) in [7, 11) is 0. The minimum atomic E-state index is -2.25. The van der Waals surface area contributed by atoms with Crippen LogP contribution in [0.1, 0.15) is 78.6 Å². The van der Waals surface area contributed by atoms with Crippen molar-refractivity contribution in [2.75, 3.05) is 6.61 Å². The van der Waals surface area contributed by atoms with E-state index < -0.39 is 101 Å². The van der Waals surface area contributed by atoms with E-state index >= 15 is 0 Å². The summed E-state index contributed by atoms with van der Waals surface area (Å²) in [6.07, 6.45) is -8.45. The number of allylic oxidation sites excluding steroid dienone is 1. The SMILES string of the molecule is CC(=O)NC(C=C(C)C)C(O)C(=O)OC1CC(O)(C(OC(=O)c2ccccc2)C2[C@@H](C)C(O)CC3OC[C@]32O)C(C)(C)C(C(O)C(C)O)=C1C. The van der Waals surface area contributed by atoms with Gasteiger partial charge in [-0.2, -0.15) is 0 Å². The molecule has 1 aliphatic heterocycles. The standard InChI is InChI=1S/C37H53NO12/c1-18(2)14-24(38-22(6)40)31(43)34(45)49-26-16-37(47,35(7,8)28(20(26)4)30(42)21(5)39)32(50-33(44)23-12-10-9-11-13-23)29-19(3)25(41)15-27-36(29,46)17-48-27/h9-14,19,21,24-27,29-32,39,41-43,46-47H,15-17H2,1-8H3,(H,38,40)/t19-,21?,24?,25?,26?,27?,29?,30?,31?,32?,36-,37?/m0/s1. The molecule has 3 aliphatic rings. The highest BCUT2D eigenvalue weighted by atomic mass is 16.6. The van der Waals surface area contributed by atoms with Crippen LogP contribution in [0, 0.1) is 17.3 Å². The Morgan fingerprint density at radius 1 is 1.06 bits per heavy atom. The number of aliphatic hydroxyl groups is 6. The first-order chi connectivity index (χ1) is 23.2. The van der Waals surface area contributed by atoms with E-state index in [1.165, 1.54) is 32.1 Å². The molecule has 1 saturated carbocycles. The van der Waals surface area contributed by atoms with E-state index in [0.29, 0.717) is 5.57 Å². The van der Waals surface area contributed by atoms with E-state index in [0.717, 1.165) is 0 Å². The molecule has 12 atom stereocenters. The quantitative estimate of drug-likeness (QED) is 0.129. The molecule has 2 aliphatic carbocycles. The molecule has 10 unspecified atom stereocenters. The number of nitrogens with one attached hydrogen (secondary N) is 1. The predicted octanol–water partition coefficient (Wildman–Crippen LogP) is 1.32. The summed E-state index contributed by atoms with van der Waals surface area (Å²) in [6, 6.07) is 6.88. The van der Waals surface area contributed by atoms with Crippen molar-refractivity contribution < 1.29 is 59.2 Å². The molecule has 13 heteroatoms. The fourth-order valence-corrected chi connectivity index (χ4v) is 8.05. The maximum absolute atomic E-state index is 13.8. The zero-order chi connectivity index (χ0) is 37.5. The van der Waals surface area contributed by atoms with E-state index in [-0.39, 0.29) is 29.7 Å². The number of aliphatic hydroxyl groups excluding tert-OH is 4.